The molecule has 7 nitrogen and oxygen atoms in total. The summed E-state index contributed by atoms with van der Waals surface area (Å²) in [6, 6.07) is 10.4. The van der Waals surface area contributed by atoms with Crippen LogP contribution in [0.25, 0.3) is 10.2 Å². The van der Waals surface area contributed by atoms with Gasteiger partial charge >= 0.3 is 0 Å². The average molecular weight is 516 g/mol. The van der Waals surface area contributed by atoms with E-state index in [2.05, 4.69) is 24.0 Å². The van der Waals surface area contributed by atoms with E-state index in [0.29, 0.717) is 23.5 Å². The van der Waals surface area contributed by atoms with E-state index in [9.17, 15) is 13.2 Å². The van der Waals surface area contributed by atoms with Gasteiger partial charge in [0.1, 0.15) is 0 Å². The number of carbonyl (C=O) groups excluding carboxylic acids is 1. The monoisotopic (exact) mass is 515 g/mol. The van der Waals surface area contributed by atoms with Gasteiger partial charge in [0.05, 0.1) is 21.7 Å². The second kappa shape index (κ2) is 10.7. The number of amides is 1. The van der Waals surface area contributed by atoms with Gasteiger partial charge in [-0.3, -0.25) is 4.79 Å². The molecule has 1 aromatic heterocycles. The first-order chi connectivity index (χ1) is 16.7. The van der Waals surface area contributed by atoms with E-state index in [1.165, 1.54) is 27.8 Å². The number of methoxy groups -OCH3 is 1. The molecule has 1 saturated carbocycles. The maximum Gasteiger partial charge on any atom is 0.279 e. The highest BCUT2D eigenvalue weighted by Gasteiger charge is 2.29. The first kappa shape index (κ1) is 25.8. The second-order valence-corrected chi connectivity index (χ2v) is 12.2. The van der Waals surface area contributed by atoms with Gasteiger partial charge in [-0.25, -0.2) is 8.42 Å². The van der Waals surface area contributed by atoms with Crippen molar-refractivity contribution in [1.82, 2.24) is 8.87 Å². The number of hydrogen-bond donors (Lipinski definition) is 0. The van der Waals surface area contributed by atoms with E-state index in [1.54, 1.807) is 26.3 Å². The fourth-order valence-corrected chi connectivity index (χ4v) is 7.24. The molecule has 0 radical (unpaired) electrons. The number of aryl methyl sites for hydroxylation is 2. The number of nitrogens with zero attached hydrogens (tertiary/aromatic N) is 3. The topological polar surface area (TPSA) is 81.0 Å². The fraction of sp³-hybridized carbons (Fsp3) is 0.462. The standard InChI is InChI=1S/C26H33N3O4S2/c1-18-16-19(2)24-23(17-18)29(14-15-33-4)26(34-24)27-25(30)20-10-12-22(13-11-20)35(31,32)28(3)21-8-6-5-7-9-21/h10-13,16-17,21H,5-9,14-15H2,1-4H3. The van der Waals surface area contributed by atoms with Crippen LogP contribution in [-0.4, -0.2) is 50.0 Å². The van der Waals surface area contributed by atoms with Crippen LogP contribution in [0.4, 0.5) is 0 Å². The zero-order valence-corrected chi connectivity index (χ0v) is 22.4. The van der Waals surface area contributed by atoms with Crippen molar-refractivity contribution in [2.24, 2.45) is 4.99 Å². The molecule has 35 heavy (non-hydrogen) atoms. The number of aromatic nitrogens is 1. The third kappa shape index (κ3) is 5.43. The molecule has 0 aliphatic heterocycles. The third-order valence-corrected chi connectivity index (χ3v) is 9.85. The summed E-state index contributed by atoms with van der Waals surface area (Å²) in [6.45, 7) is 5.19. The molecule has 0 atom stereocenters. The molecule has 1 aliphatic carbocycles. The van der Waals surface area contributed by atoms with Gasteiger partial charge in [-0.1, -0.05) is 36.7 Å². The lowest BCUT2D eigenvalue weighted by atomic mass is 9.96. The van der Waals surface area contributed by atoms with Crippen LogP contribution in [-0.2, 0) is 21.3 Å². The SMILES string of the molecule is COCCn1c(=NC(=O)c2ccc(S(=O)(=O)N(C)C3CCCCC3)cc2)sc2c(C)cc(C)cc21. The molecule has 1 aliphatic rings. The van der Waals surface area contributed by atoms with Crippen LogP contribution in [0.2, 0.25) is 0 Å². The number of benzene rings is 2. The van der Waals surface area contributed by atoms with Crippen LogP contribution in [0.3, 0.4) is 0 Å². The Hall–Kier alpha value is -2.33. The molecular formula is C26H33N3O4S2. The van der Waals surface area contributed by atoms with Gasteiger partial charge in [0.15, 0.2) is 4.80 Å². The second-order valence-electron chi connectivity index (χ2n) is 9.21. The molecule has 3 aromatic rings. The predicted molar refractivity (Wildman–Crippen MR) is 139 cm³/mol. The summed E-state index contributed by atoms with van der Waals surface area (Å²) >= 11 is 1.48. The maximum atomic E-state index is 13.1. The largest absolute Gasteiger partial charge is 0.383 e. The minimum absolute atomic E-state index is 0.0349. The lowest BCUT2D eigenvalue weighted by Gasteiger charge is -2.30. The minimum Gasteiger partial charge on any atom is -0.383 e. The Labute approximate surface area is 211 Å². The van der Waals surface area contributed by atoms with Crippen molar-refractivity contribution in [3.63, 3.8) is 0 Å². The Bertz CT molecular complexity index is 1380. The average Bonchev–Trinajstić information content (AvgIpc) is 3.19. The summed E-state index contributed by atoms with van der Waals surface area (Å²) in [7, 11) is -0.304. The summed E-state index contributed by atoms with van der Waals surface area (Å²) in [4.78, 5) is 18.3. The molecule has 1 heterocycles. The molecule has 0 N–H and O–H groups in total. The highest BCUT2D eigenvalue weighted by molar-refractivity contribution is 7.89. The number of thiazole rings is 1. The van der Waals surface area contributed by atoms with Gasteiger partial charge in [-0.15, -0.1) is 0 Å². The van der Waals surface area contributed by atoms with E-state index in [1.807, 2.05) is 11.5 Å². The molecule has 188 valence electrons. The number of fused-ring (bicyclic) bond motifs is 1. The first-order valence-electron chi connectivity index (χ1n) is 12.0. The van der Waals surface area contributed by atoms with Crippen molar-refractivity contribution in [2.75, 3.05) is 20.8 Å². The summed E-state index contributed by atoms with van der Waals surface area (Å²) in [6.07, 6.45) is 5.06. The van der Waals surface area contributed by atoms with Gasteiger partial charge < -0.3 is 9.30 Å². The Morgan fingerprint density at radius 1 is 1.14 bits per heavy atom. The lowest BCUT2D eigenvalue weighted by molar-refractivity contribution is 0.0997. The molecule has 4 rings (SSSR count). The summed E-state index contributed by atoms with van der Waals surface area (Å²) in [5.41, 5.74) is 3.67. The number of rotatable bonds is 7. The normalized spacial score (nSPS) is 15.9. The number of carbonyl (C=O) groups is 1. The van der Waals surface area contributed by atoms with Crippen LogP contribution >= 0.6 is 11.3 Å². The summed E-state index contributed by atoms with van der Waals surface area (Å²) < 4.78 is 36.1. The van der Waals surface area contributed by atoms with Crippen molar-refractivity contribution in [1.29, 1.82) is 0 Å². The van der Waals surface area contributed by atoms with Crippen LogP contribution in [0.5, 0.6) is 0 Å². The minimum atomic E-state index is -3.61. The molecule has 9 heteroatoms. The van der Waals surface area contributed by atoms with Gasteiger partial charge in [0.2, 0.25) is 10.0 Å². The molecule has 2 aromatic carbocycles. The molecule has 0 spiro atoms. The van der Waals surface area contributed by atoms with Crippen molar-refractivity contribution in [3.05, 3.63) is 57.9 Å². The van der Waals surface area contributed by atoms with Crippen molar-refractivity contribution >= 4 is 37.5 Å². The van der Waals surface area contributed by atoms with Crippen LogP contribution in [0.15, 0.2) is 46.3 Å². The van der Waals surface area contributed by atoms with Crippen LogP contribution in [0, 0.1) is 13.8 Å². The summed E-state index contributed by atoms with van der Waals surface area (Å²) in [5.74, 6) is -0.401. The zero-order chi connectivity index (χ0) is 25.2. The van der Waals surface area contributed by atoms with Gasteiger partial charge in [0.25, 0.3) is 5.91 Å². The Morgan fingerprint density at radius 3 is 2.49 bits per heavy atom. The van der Waals surface area contributed by atoms with Crippen molar-refractivity contribution in [2.45, 2.75) is 63.4 Å². The Morgan fingerprint density at radius 2 is 1.83 bits per heavy atom. The molecule has 0 saturated heterocycles. The number of sulfonamides is 1. The summed E-state index contributed by atoms with van der Waals surface area (Å²) in [5, 5.41) is 0. The van der Waals surface area contributed by atoms with Gasteiger partial charge in [-0.2, -0.15) is 9.30 Å². The fourth-order valence-electron chi connectivity index (χ4n) is 4.72. The van der Waals surface area contributed by atoms with Gasteiger partial charge in [0, 0.05) is 32.3 Å². The van der Waals surface area contributed by atoms with Gasteiger partial charge in [-0.05, 0) is 68.1 Å². The van der Waals surface area contributed by atoms with Crippen LogP contribution < -0.4 is 4.80 Å². The van der Waals surface area contributed by atoms with Crippen molar-refractivity contribution < 1.29 is 17.9 Å². The molecule has 1 fully saturated rings. The Kier molecular flexibility index (Phi) is 7.90. The highest BCUT2D eigenvalue weighted by atomic mass is 32.2. The van der Waals surface area contributed by atoms with E-state index >= 15 is 0 Å². The predicted octanol–water partition coefficient (Wildman–Crippen LogP) is 4.66. The maximum absolute atomic E-state index is 13.1. The lowest BCUT2D eigenvalue weighted by Crippen LogP contribution is -2.38. The molecular weight excluding hydrogens is 482 g/mol. The zero-order valence-electron chi connectivity index (χ0n) is 20.8. The first-order valence-corrected chi connectivity index (χ1v) is 14.2. The molecule has 0 unspecified atom stereocenters. The van der Waals surface area contributed by atoms with E-state index in [4.69, 9.17) is 4.74 Å². The Balaban J connectivity index is 1.64. The highest BCUT2D eigenvalue weighted by Crippen LogP contribution is 2.27. The number of hydrogen-bond acceptors (Lipinski definition) is 5. The number of ether oxygens (including phenoxy) is 1. The quantitative estimate of drug-likeness (QED) is 0.458. The molecule has 0 bridgehead atoms. The third-order valence-electron chi connectivity index (χ3n) is 6.70. The molecule has 1 amide bonds. The van der Waals surface area contributed by atoms with E-state index in [0.717, 1.165) is 53.4 Å². The smallest absolute Gasteiger partial charge is 0.279 e. The van der Waals surface area contributed by atoms with Crippen LogP contribution in [0.1, 0.15) is 53.6 Å². The van der Waals surface area contributed by atoms with Crippen molar-refractivity contribution in [3.8, 4) is 0 Å². The van der Waals surface area contributed by atoms with E-state index in [-0.39, 0.29) is 10.9 Å². The van der Waals surface area contributed by atoms with E-state index < -0.39 is 15.9 Å².